The molecule has 114 valence electrons. The number of thiophene rings is 1. The Hall–Kier alpha value is -1.73. The summed E-state index contributed by atoms with van der Waals surface area (Å²) in [5.41, 5.74) is 0. The van der Waals surface area contributed by atoms with Gasteiger partial charge < -0.3 is 9.73 Å². The lowest BCUT2D eigenvalue weighted by atomic mass is 10.3. The Bertz CT molecular complexity index is 567. The molecule has 0 saturated heterocycles. The molecule has 0 aliphatic rings. The van der Waals surface area contributed by atoms with E-state index in [1.165, 1.54) is 0 Å². The van der Waals surface area contributed by atoms with Crippen molar-refractivity contribution in [2.75, 3.05) is 20.1 Å². The van der Waals surface area contributed by atoms with Gasteiger partial charge in [0, 0.05) is 6.54 Å². The summed E-state index contributed by atoms with van der Waals surface area (Å²) in [4.78, 5) is 14.6. The highest BCUT2D eigenvalue weighted by Crippen LogP contribution is 2.26. The van der Waals surface area contributed by atoms with Gasteiger partial charge in [0.25, 0.3) is 5.89 Å². The number of carbonyl (C=O) groups is 1. The molecule has 0 saturated carbocycles. The fraction of sp³-hybridized carbons (Fsp3) is 0.500. The average Bonchev–Trinajstić information content (AvgIpc) is 3.14. The van der Waals surface area contributed by atoms with E-state index in [0.717, 1.165) is 11.3 Å². The molecule has 0 aliphatic carbocycles. The number of hydrogen-bond donors (Lipinski definition) is 1. The predicted molar refractivity (Wildman–Crippen MR) is 82.0 cm³/mol. The van der Waals surface area contributed by atoms with E-state index in [4.69, 9.17) is 4.42 Å². The quantitative estimate of drug-likeness (QED) is 0.850. The van der Waals surface area contributed by atoms with Gasteiger partial charge in [0.05, 0.1) is 17.5 Å². The van der Waals surface area contributed by atoms with Gasteiger partial charge in [-0.2, -0.15) is 0 Å². The molecule has 0 spiro atoms. The number of carbonyl (C=O) groups excluding carboxylic acids is 1. The van der Waals surface area contributed by atoms with Crippen LogP contribution in [0.2, 0.25) is 0 Å². The zero-order valence-electron chi connectivity index (χ0n) is 12.5. The maximum absolute atomic E-state index is 11.7. The molecule has 0 aliphatic heterocycles. The highest BCUT2D eigenvalue weighted by Gasteiger charge is 2.21. The van der Waals surface area contributed by atoms with E-state index in [1.807, 2.05) is 43.3 Å². The van der Waals surface area contributed by atoms with E-state index in [1.54, 1.807) is 11.3 Å². The molecule has 21 heavy (non-hydrogen) atoms. The summed E-state index contributed by atoms with van der Waals surface area (Å²) < 4.78 is 5.69. The third-order valence-electron chi connectivity index (χ3n) is 3.16. The smallest absolute Gasteiger partial charge is 0.257 e. The molecule has 2 rings (SSSR count). The van der Waals surface area contributed by atoms with Crippen molar-refractivity contribution in [3.63, 3.8) is 0 Å². The third kappa shape index (κ3) is 4.12. The fourth-order valence-electron chi connectivity index (χ4n) is 1.78. The Labute approximate surface area is 128 Å². The van der Waals surface area contributed by atoms with E-state index in [2.05, 4.69) is 15.5 Å². The molecule has 1 N–H and O–H groups in total. The Balaban J connectivity index is 1.96. The van der Waals surface area contributed by atoms with Crippen molar-refractivity contribution in [2.45, 2.75) is 26.3 Å². The zero-order valence-corrected chi connectivity index (χ0v) is 13.3. The number of nitrogens with zero attached hydrogens (tertiary/aromatic N) is 3. The van der Waals surface area contributed by atoms with Crippen LogP contribution >= 0.6 is 11.3 Å². The first kappa shape index (κ1) is 15.7. The topological polar surface area (TPSA) is 71.3 Å². The van der Waals surface area contributed by atoms with Gasteiger partial charge >= 0.3 is 0 Å². The summed E-state index contributed by atoms with van der Waals surface area (Å²) >= 11 is 1.56. The van der Waals surface area contributed by atoms with Gasteiger partial charge in [-0.15, -0.1) is 21.5 Å². The van der Waals surface area contributed by atoms with E-state index < -0.39 is 0 Å². The van der Waals surface area contributed by atoms with Crippen molar-refractivity contribution in [2.24, 2.45) is 0 Å². The fourth-order valence-corrected chi connectivity index (χ4v) is 2.42. The predicted octanol–water partition coefficient (Wildman–Crippen LogP) is 2.32. The summed E-state index contributed by atoms with van der Waals surface area (Å²) in [6.45, 7) is 4.97. The monoisotopic (exact) mass is 308 g/mol. The minimum Gasteiger partial charge on any atom is -0.418 e. The zero-order chi connectivity index (χ0) is 15.2. The van der Waals surface area contributed by atoms with Crippen LogP contribution in [0.5, 0.6) is 0 Å². The molecule has 2 heterocycles. The summed E-state index contributed by atoms with van der Waals surface area (Å²) in [6.07, 6.45) is 0.929. The van der Waals surface area contributed by atoms with Gasteiger partial charge in [0.15, 0.2) is 0 Å². The second kappa shape index (κ2) is 7.33. The molecular weight excluding hydrogens is 288 g/mol. The Morgan fingerprint density at radius 1 is 1.52 bits per heavy atom. The van der Waals surface area contributed by atoms with Crippen LogP contribution < -0.4 is 5.32 Å². The molecule has 2 aromatic heterocycles. The highest BCUT2D eigenvalue weighted by molar-refractivity contribution is 7.13. The Kier molecular flexibility index (Phi) is 5.46. The van der Waals surface area contributed by atoms with Crippen LogP contribution in [-0.2, 0) is 4.79 Å². The van der Waals surface area contributed by atoms with E-state index >= 15 is 0 Å². The highest BCUT2D eigenvalue weighted by atomic mass is 32.1. The molecule has 6 nitrogen and oxygen atoms in total. The van der Waals surface area contributed by atoms with Crippen molar-refractivity contribution < 1.29 is 9.21 Å². The largest absolute Gasteiger partial charge is 0.418 e. The molecule has 0 bridgehead atoms. The van der Waals surface area contributed by atoms with Crippen molar-refractivity contribution in [1.82, 2.24) is 20.4 Å². The minimum atomic E-state index is -0.112. The van der Waals surface area contributed by atoms with E-state index in [-0.39, 0.29) is 11.9 Å². The second-order valence-electron chi connectivity index (χ2n) is 4.86. The first-order valence-electron chi connectivity index (χ1n) is 6.96. The van der Waals surface area contributed by atoms with E-state index in [0.29, 0.717) is 24.9 Å². The van der Waals surface area contributed by atoms with Crippen LogP contribution in [0.4, 0.5) is 0 Å². The van der Waals surface area contributed by atoms with E-state index in [9.17, 15) is 4.79 Å². The van der Waals surface area contributed by atoms with Gasteiger partial charge in [-0.1, -0.05) is 13.0 Å². The molecular formula is C14H20N4O2S. The van der Waals surface area contributed by atoms with Crippen molar-refractivity contribution >= 4 is 17.2 Å². The molecule has 1 atom stereocenters. The summed E-state index contributed by atoms with van der Waals surface area (Å²) in [6, 6.07) is 3.77. The number of amides is 1. The van der Waals surface area contributed by atoms with Crippen LogP contribution in [0, 0.1) is 0 Å². The summed E-state index contributed by atoms with van der Waals surface area (Å²) in [7, 11) is 1.87. The average molecular weight is 308 g/mol. The Morgan fingerprint density at radius 2 is 2.33 bits per heavy atom. The van der Waals surface area contributed by atoms with Crippen LogP contribution in [0.15, 0.2) is 21.9 Å². The molecule has 0 radical (unpaired) electrons. The second-order valence-corrected chi connectivity index (χ2v) is 5.81. The molecule has 0 fully saturated rings. The lowest BCUT2D eigenvalue weighted by Gasteiger charge is -2.20. The molecule has 2 aromatic rings. The van der Waals surface area contributed by atoms with Crippen molar-refractivity contribution in [3.8, 4) is 10.8 Å². The number of nitrogens with one attached hydrogen (secondary N) is 1. The lowest BCUT2D eigenvalue weighted by Crippen LogP contribution is -2.36. The van der Waals surface area contributed by atoms with Gasteiger partial charge in [0.2, 0.25) is 11.8 Å². The lowest BCUT2D eigenvalue weighted by molar-refractivity contribution is -0.122. The van der Waals surface area contributed by atoms with Crippen LogP contribution in [0.1, 0.15) is 32.2 Å². The number of hydrogen-bond acceptors (Lipinski definition) is 6. The van der Waals surface area contributed by atoms with Crippen molar-refractivity contribution in [1.29, 1.82) is 0 Å². The Morgan fingerprint density at radius 3 is 3.00 bits per heavy atom. The summed E-state index contributed by atoms with van der Waals surface area (Å²) in [5.74, 6) is 1.05. The number of rotatable bonds is 7. The first-order valence-corrected chi connectivity index (χ1v) is 7.84. The van der Waals surface area contributed by atoms with Gasteiger partial charge in [-0.05, 0) is 31.8 Å². The molecule has 0 aromatic carbocycles. The molecule has 7 heteroatoms. The first-order chi connectivity index (χ1) is 10.1. The maximum Gasteiger partial charge on any atom is 0.257 e. The molecule has 1 amide bonds. The van der Waals surface area contributed by atoms with Gasteiger partial charge in [-0.25, -0.2) is 0 Å². The normalized spacial score (nSPS) is 12.6. The van der Waals surface area contributed by atoms with Crippen LogP contribution in [0.3, 0.4) is 0 Å². The van der Waals surface area contributed by atoms with Crippen LogP contribution in [0.25, 0.3) is 10.8 Å². The standard InChI is InChI=1S/C14H20N4O2S/c1-4-7-15-12(19)9-18(3)10(2)13-16-17-14(20-13)11-6-5-8-21-11/h5-6,8,10H,4,7,9H2,1-3H3,(H,15,19)/t10-/m1/s1. The third-order valence-corrected chi connectivity index (χ3v) is 4.01. The van der Waals surface area contributed by atoms with Gasteiger partial charge in [0.1, 0.15) is 0 Å². The number of likely N-dealkylation sites (N-methyl/N-ethyl adjacent to an activating group) is 1. The molecule has 0 unspecified atom stereocenters. The van der Waals surface area contributed by atoms with Crippen LogP contribution in [-0.4, -0.2) is 41.1 Å². The van der Waals surface area contributed by atoms with Gasteiger partial charge in [-0.3, -0.25) is 9.69 Å². The summed E-state index contributed by atoms with van der Waals surface area (Å²) in [5, 5.41) is 13.0. The minimum absolute atomic E-state index is 0.00388. The van der Waals surface area contributed by atoms with Crippen molar-refractivity contribution in [3.05, 3.63) is 23.4 Å². The maximum atomic E-state index is 11.7. The SMILES string of the molecule is CCCNC(=O)CN(C)[C@H](C)c1nnc(-c2cccs2)o1. The number of aromatic nitrogens is 2.